The minimum atomic E-state index is 0. The van der Waals surface area contributed by atoms with E-state index in [9.17, 15) is 0 Å². The van der Waals surface area contributed by atoms with Gasteiger partial charge >= 0.3 is 0 Å². The predicted octanol–water partition coefficient (Wildman–Crippen LogP) is 5.01. The van der Waals surface area contributed by atoms with E-state index in [1.807, 2.05) is 7.05 Å². The summed E-state index contributed by atoms with van der Waals surface area (Å²) >= 11 is 6.94. The van der Waals surface area contributed by atoms with Crippen molar-refractivity contribution in [2.24, 2.45) is 0 Å². The van der Waals surface area contributed by atoms with Crippen molar-refractivity contribution in [2.75, 3.05) is 7.05 Å². The molecule has 0 bridgehead atoms. The molecule has 2 rings (SSSR count). The van der Waals surface area contributed by atoms with Gasteiger partial charge in [-0.3, -0.25) is 0 Å². The first kappa shape index (κ1) is 17.7. The first-order valence-electron chi connectivity index (χ1n) is 6.33. The van der Waals surface area contributed by atoms with E-state index < -0.39 is 0 Å². The van der Waals surface area contributed by atoms with Crippen molar-refractivity contribution >= 4 is 44.3 Å². The monoisotopic (exact) mass is 417 g/mol. The highest BCUT2D eigenvalue weighted by Crippen LogP contribution is 2.15. The second-order valence-corrected chi connectivity index (χ2v) is 6.48. The summed E-state index contributed by atoms with van der Waals surface area (Å²) in [7, 11) is 2.03. The van der Waals surface area contributed by atoms with Gasteiger partial charge in [0.05, 0.1) is 0 Å². The average Bonchev–Trinajstić information content (AvgIpc) is 2.43. The normalized spacial score (nSPS) is 10.4. The van der Waals surface area contributed by atoms with Crippen molar-refractivity contribution in [1.29, 1.82) is 0 Å². The first-order valence-corrected chi connectivity index (χ1v) is 7.92. The number of hydrogen-bond donors (Lipinski definition) is 1. The number of halogens is 3. The molecule has 0 aliphatic heterocycles. The summed E-state index contributed by atoms with van der Waals surface area (Å²) in [6, 6.07) is 17.6. The largest absolute Gasteiger partial charge is 0.316 e. The van der Waals surface area contributed by atoms with Gasteiger partial charge in [-0.15, -0.1) is 12.4 Å². The van der Waals surface area contributed by atoms with Crippen LogP contribution in [0, 0.1) is 0 Å². The lowest BCUT2D eigenvalue weighted by Crippen LogP contribution is -2.29. The Bertz CT molecular complexity index is 464. The molecule has 0 aromatic heterocycles. The quantitative estimate of drug-likeness (QED) is 0.719. The lowest BCUT2D eigenvalue weighted by molar-refractivity contribution is 0.556. The molecule has 2 aromatic rings. The van der Waals surface area contributed by atoms with Crippen molar-refractivity contribution in [1.82, 2.24) is 5.32 Å². The van der Waals surface area contributed by atoms with Crippen LogP contribution in [0.25, 0.3) is 0 Å². The number of benzene rings is 2. The van der Waals surface area contributed by atoms with E-state index >= 15 is 0 Å². The molecule has 0 unspecified atom stereocenters. The van der Waals surface area contributed by atoms with Gasteiger partial charge in [0.1, 0.15) is 0 Å². The van der Waals surface area contributed by atoms with Gasteiger partial charge in [-0.25, -0.2) is 0 Å². The molecule has 0 radical (unpaired) electrons. The fraction of sp³-hybridized carbons (Fsp3) is 0.250. The molecule has 1 N–H and O–H groups in total. The van der Waals surface area contributed by atoms with E-state index in [1.54, 1.807) is 0 Å². The summed E-state index contributed by atoms with van der Waals surface area (Å²) in [4.78, 5) is 0. The Morgan fingerprint density at radius 3 is 1.45 bits per heavy atom. The van der Waals surface area contributed by atoms with Crippen LogP contribution >= 0.6 is 44.3 Å². The number of nitrogens with one attached hydrogen (secondary N) is 1. The van der Waals surface area contributed by atoms with Crippen LogP contribution in [0.3, 0.4) is 0 Å². The molecular formula is C16H18Br2ClN. The molecule has 0 saturated carbocycles. The molecule has 0 saturated heterocycles. The van der Waals surface area contributed by atoms with Crippen LogP contribution in [0.2, 0.25) is 0 Å². The van der Waals surface area contributed by atoms with Crippen LogP contribution < -0.4 is 5.32 Å². The summed E-state index contributed by atoms with van der Waals surface area (Å²) in [5.41, 5.74) is 2.72. The van der Waals surface area contributed by atoms with Crippen LogP contribution in [0.1, 0.15) is 11.1 Å². The summed E-state index contributed by atoms with van der Waals surface area (Å²) in [5.74, 6) is 0. The summed E-state index contributed by atoms with van der Waals surface area (Å²) in [5, 5.41) is 3.40. The Balaban J connectivity index is 0.00000200. The van der Waals surface area contributed by atoms with Crippen LogP contribution in [-0.4, -0.2) is 13.1 Å². The Labute approximate surface area is 143 Å². The SMILES string of the molecule is CNC(Cc1ccc(Br)cc1)Cc1ccc(Br)cc1.Cl. The molecule has 0 fully saturated rings. The maximum atomic E-state index is 3.47. The van der Waals surface area contributed by atoms with Gasteiger partial charge < -0.3 is 5.32 Å². The van der Waals surface area contributed by atoms with E-state index in [1.165, 1.54) is 11.1 Å². The fourth-order valence-electron chi connectivity index (χ4n) is 2.09. The van der Waals surface area contributed by atoms with Crippen molar-refractivity contribution < 1.29 is 0 Å². The number of hydrogen-bond acceptors (Lipinski definition) is 1. The van der Waals surface area contributed by atoms with Crippen LogP contribution in [-0.2, 0) is 12.8 Å². The molecule has 0 amide bonds. The van der Waals surface area contributed by atoms with Crippen molar-refractivity contribution in [2.45, 2.75) is 18.9 Å². The summed E-state index contributed by atoms with van der Waals surface area (Å²) < 4.78 is 2.26. The molecule has 108 valence electrons. The van der Waals surface area contributed by atoms with E-state index in [-0.39, 0.29) is 12.4 Å². The molecule has 0 atom stereocenters. The highest BCUT2D eigenvalue weighted by atomic mass is 79.9. The second kappa shape index (κ2) is 8.83. The zero-order chi connectivity index (χ0) is 13.7. The molecule has 20 heavy (non-hydrogen) atoms. The predicted molar refractivity (Wildman–Crippen MR) is 95.8 cm³/mol. The third kappa shape index (κ3) is 5.57. The highest BCUT2D eigenvalue weighted by Gasteiger charge is 2.08. The third-order valence-electron chi connectivity index (χ3n) is 3.20. The highest BCUT2D eigenvalue weighted by molar-refractivity contribution is 9.10. The maximum Gasteiger partial charge on any atom is 0.0175 e. The van der Waals surface area contributed by atoms with Gasteiger partial charge in [-0.05, 0) is 55.3 Å². The first-order chi connectivity index (χ1) is 9.17. The Morgan fingerprint density at radius 2 is 1.15 bits per heavy atom. The van der Waals surface area contributed by atoms with E-state index in [0.717, 1.165) is 21.8 Å². The number of rotatable bonds is 5. The topological polar surface area (TPSA) is 12.0 Å². The van der Waals surface area contributed by atoms with E-state index in [4.69, 9.17) is 0 Å². The summed E-state index contributed by atoms with van der Waals surface area (Å²) in [6.07, 6.45) is 2.08. The minimum Gasteiger partial charge on any atom is -0.316 e. The van der Waals surface area contributed by atoms with Crippen molar-refractivity contribution in [3.05, 3.63) is 68.6 Å². The molecule has 0 heterocycles. The maximum absolute atomic E-state index is 3.47. The van der Waals surface area contributed by atoms with Gasteiger partial charge in [0.15, 0.2) is 0 Å². The van der Waals surface area contributed by atoms with Crippen LogP contribution in [0.15, 0.2) is 57.5 Å². The van der Waals surface area contributed by atoms with E-state index in [2.05, 4.69) is 85.7 Å². The van der Waals surface area contributed by atoms with Gasteiger partial charge in [-0.2, -0.15) is 0 Å². The standard InChI is InChI=1S/C16H17Br2N.ClH/c1-19-16(10-12-2-6-14(17)7-3-12)11-13-4-8-15(18)9-5-13;/h2-9,16,19H,10-11H2,1H3;1H. The van der Waals surface area contributed by atoms with Gasteiger partial charge in [0.2, 0.25) is 0 Å². The van der Waals surface area contributed by atoms with Crippen LogP contribution in [0.4, 0.5) is 0 Å². The van der Waals surface area contributed by atoms with Gasteiger partial charge in [0.25, 0.3) is 0 Å². The van der Waals surface area contributed by atoms with Gasteiger partial charge in [0, 0.05) is 15.0 Å². The minimum absolute atomic E-state index is 0. The summed E-state index contributed by atoms with van der Waals surface area (Å²) in [6.45, 7) is 0. The fourth-order valence-corrected chi connectivity index (χ4v) is 2.61. The third-order valence-corrected chi connectivity index (χ3v) is 4.26. The molecular weight excluding hydrogens is 401 g/mol. The Kier molecular flexibility index (Phi) is 7.82. The van der Waals surface area contributed by atoms with Crippen molar-refractivity contribution in [3.8, 4) is 0 Å². The Morgan fingerprint density at radius 1 is 0.800 bits per heavy atom. The lowest BCUT2D eigenvalue weighted by Gasteiger charge is -2.16. The lowest BCUT2D eigenvalue weighted by atomic mass is 9.99. The second-order valence-electron chi connectivity index (χ2n) is 4.65. The zero-order valence-corrected chi connectivity index (χ0v) is 15.3. The van der Waals surface area contributed by atoms with E-state index in [0.29, 0.717) is 6.04 Å². The molecule has 0 spiro atoms. The van der Waals surface area contributed by atoms with Crippen molar-refractivity contribution in [3.63, 3.8) is 0 Å². The smallest absolute Gasteiger partial charge is 0.0175 e. The molecule has 0 aliphatic rings. The van der Waals surface area contributed by atoms with Gasteiger partial charge in [-0.1, -0.05) is 56.1 Å². The molecule has 4 heteroatoms. The average molecular weight is 420 g/mol. The molecule has 1 nitrogen and oxygen atoms in total. The Hall–Kier alpha value is -0.350. The molecule has 0 aliphatic carbocycles. The molecule has 2 aromatic carbocycles. The van der Waals surface area contributed by atoms with Crippen LogP contribution in [0.5, 0.6) is 0 Å². The number of likely N-dealkylation sites (N-methyl/N-ethyl adjacent to an activating group) is 1. The zero-order valence-electron chi connectivity index (χ0n) is 11.3.